The molecule has 2 aromatic rings. The molecule has 1 atom stereocenters. The second-order valence-corrected chi connectivity index (χ2v) is 7.22. The average molecular weight is 422 g/mol. The molecule has 160 valence electrons. The van der Waals surface area contributed by atoms with Crippen LogP contribution in [0, 0.1) is 0 Å². The van der Waals surface area contributed by atoms with Crippen LogP contribution in [0.15, 0.2) is 60.2 Å². The van der Waals surface area contributed by atoms with Crippen LogP contribution >= 0.6 is 0 Å². The summed E-state index contributed by atoms with van der Waals surface area (Å²) in [6, 6.07) is 13.5. The Kier molecular flexibility index (Phi) is 6.49. The van der Waals surface area contributed by atoms with Gasteiger partial charge in [-0.3, -0.25) is 9.59 Å². The molecule has 0 fully saturated rings. The van der Waals surface area contributed by atoms with E-state index < -0.39 is 17.8 Å². The summed E-state index contributed by atoms with van der Waals surface area (Å²) in [5, 5.41) is 11.3. The molecule has 2 aromatic carbocycles. The summed E-state index contributed by atoms with van der Waals surface area (Å²) in [5.41, 5.74) is 2.42. The summed E-state index contributed by atoms with van der Waals surface area (Å²) < 4.78 is 5.17. The highest BCUT2D eigenvalue weighted by Crippen LogP contribution is 2.31. The quantitative estimate of drug-likeness (QED) is 0.547. The molecule has 0 radical (unpaired) electrons. The molecule has 1 aliphatic heterocycles. The first-order chi connectivity index (χ1) is 14.8. The van der Waals surface area contributed by atoms with Gasteiger partial charge in [0.15, 0.2) is 6.61 Å². The van der Waals surface area contributed by atoms with E-state index in [-0.39, 0.29) is 29.7 Å². The van der Waals surface area contributed by atoms with Crippen LogP contribution in [0.5, 0.6) is 0 Å². The van der Waals surface area contributed by atoms with Crippen molar-refractivity contribution >= 4 is 35.1 Å². The van der Waals surface area contributed by atoms with Crippen molar-refractivity contribution in [3.63, 3.8) is 0 Å². The molecule has 2 N–H and O–H groups in total. The maximum absolute atomic E-state index is 12.6. The minimum absolute atomic E-state index is 0.00897. The zero-order valence-corrected chi connectivity index (χ0v) is 17.1. The Hall–Kier alpha value is -3.94. The molecular formula is C23H22N2O6. The maximum Gasteiger partial charge on any atom is 0.338 e. The fourth-order valence-electron chi connectivity index (χ4n) is 3.35. The van der Waals surface area contributed by atoms with Gasteiger partial charge >= 0.3 is 11.9 Å². The van der Waals surface area contributed by atoms with E-state index in [1.165, 1.54) is 31.2 Å². The van der Waals surface area contributed by atoms with Crippen molar-refractivity contribution in [2.45, 2.75) is 26.3 Å². The van der Waals surface area contributed by atoms with Gasteiger partial charge in [0.05, 0.1) is 5.56 Å². The van der Waals surface area contributed by atoms with Gasteiger partial charge in [-0.1, -0.05) is 18.2 Å². The summed E-state index contributed by atoms with van der Waals surface area (Å²) in [4.78, 5) is 49.1. The number of nitrogens with zero attached hydrogens (tertiary/aromatic N) is 1. The van der Waals surface area contributed by atoms with Crippen LogP contribution in [0.25, 0.3) is 0 Å². The van der Waals surface area contributed by atoms with Crippen molar-refractivity contribution in [1.29, 1.82) is 0 Å². The van der Waals surface area contributed by atoms with Gasteiger partial charge in [0.1, 0.15) is 0 Å². The topological polar surface area (TPSA) is 113 Å². The Balaban J connectivity index is 1.56. The molecule has 0 aliphatic carbocycles. The van der Waals surface area contributed by atoms with Crippen molar-refractivity contribution < 1.29 is 29.0 Å². The Labute approximate surface area is 179 Å². The average Bonchev–Trinajstić information content (AvgIpc) is 3.07. The number of nitrogens with one attached hydrogen (secondary N) is 1. The molecule has 31 heavy (non-hydrogen) atoms. The van der Waals surface area contributed by atoms with Crippen LogP contribution in [0.3, 0.4) is 0 Å². The smallest absolute Gasteiger partial charge is 0.338 e. The lowest BCUT2D eigenvalue weighted by Crippen LogP contribution is -2.38. The highest BCUT2D eigenvalue weighted by Gasteiger charge is 2.31. The number of amides is 2. The van der Waals surface area contributed by atoms with E-state index in [1.807, 2.05) is 31.2 Å². The molecule has 8 heteroatoms. The molecule has 0 saturated heterocycles. The summed E-state index contributed by atoms with van der Waals surface area (Å²) >= 11 is 0. The number of hydrogen-bond donors (Lipinski definition) is 2. The number of carboxylic acid groups (broad SMARTS) is 1. The number of hydrogen-bond acceptors (Lipinski definition) is 5. The zero-order valence-electron chi connectivity index (χ0n) is 17.1. The van der Waals surface area contributed by atoms with Gasteiger partial charge in [-0.25, -0.2) is 9.59 Å². The molecule has 0 bridgehead atoms. The monoisotopic (exact) mass is 422 g/mol. The summed E-state index contributed by atoms with van der Waals surface area (Å²) in [6.07, 6.45) is 1.72. The van der Waals surface area contributed by atoms with E-state index in [4.69, 9.17) is 9.84 Å². The number of fused-ring (bicyclic) bond motifs is 1. The second-order valence-electron chi connectivity index (χ2n) is 7.22. The van der Waals surface area contributed by atoms with Crippen molar-refractivity contribution in [2.24, 2.45) is 0 Å². The molecule has 0 aromatic heterocycles. The molecule has 1 heterocycles. The number of para-hydroxylation sites is 1. The van der Waals surface area contributed by atoms with Gasteiger partial charge in [0, 0.05) is 29.1 Å². The number of ether oxygens (including phenoxy) is 1. The van der Waals surface area contributed by atoms with Gasteiger partial charge in [-0.05, 0) is 56.2 Å². The largest absolute Gasteiger partial charge is 0.478 e. The first-order valence-corrected chi connectivity index (χ1v) is 9.66. The Morgan fingerprint density at radius 2 is 1.81 bits per heavy atom. The molecule has 3 rings (SSSR count). The van der Waals surface area contributed by atoms with Crippen molar-refractivity contribution in [1.82, 2.24) is 0 Å². The predicted octanol–water partition coefficient (Wildman–Crippen LogP) is 2.79. The van der Waals surface area contributed by atoms with E-state index in [9.17, 15) is 19.2 Å². The molecule has 0 saturated carbocycles. The van der Waals surface area contributed by atoms with Crippen LogP contribution < -0.4 is 10.2 Å². The van der Waals surface area contributed by atoms with Crippen LogP contribution in [-0.4, -0.2) is 41.5 Å². The normalized spacial score (nSPS) is 15.2. The minimum atomic E-state index is -1.19. The predicted molar refractivity (Wildman–Crippen MR) is 114 cm³/mol. The highest BCUT2D eigenvalue weighted by atomic mass is 16.5. The maximum atomic E-state index is 12.6. The third-order valence-corrected chi connectivity index (χ3v) is 4.88. The van der Waals surface area contributed by atoms with Crippen molar-refractivity contribution in [3.8, 4) is 0 Å². The summed E-state index contributed by atoms with van der Waals surface area (Å²) in [5.74, 6) is -2.74. The third-order valence-electron chi connectivity index (χ3n) is 4.88. The van der Waals surface area contributed by atoms with E-state index in [0.717, 1.165) is 23.7 Å². The molecule has 8 nitrogen and oxygen atoms in total. The number of benzene rings is 2. The standard InChI is InChI=1S/C23H22N2O6/c1-14(22(28)29)11-20(26)24-18-9-7-16(8-10-18)23(30)31-13-21(27)25-15(2)12-17-5-3-4-6-19(17)25/h3-11,15H,12-13H2,1-2H3,(H,24,26)(H,28,29)/b14-11+/t15-/m0/s1. The fourth-order valence-corrected chi connectivity index (χ4v) is 3.35. The zero-order chi connectivity index (χ0) is 22.5. The summed E-state index contributed by atoms with van der Waals surface area (Å²) in [7, 11) is 0. The van der Waals surface area contributed by atoms with Crippen LogP contribution in [0.4, 0.5) is 11.4 Å². The number of esters is 1. The lowest BCUT2D eigenvalue weighted by Gasteiger charge is -2.22. The number of anilines is 2. The lowest BCUT2D eigenvalue weighted by molar-refractivity contribution is -0.132. The Bertz CT molecular complexity index is 1060. The van der Waals surface area contributed by atoms with Crippen molar-refractivity contribution in [2.75, 3.05) is 16.8 Å². The van der Waals surface area contributed by atoms with Gasteiger partial charge in [0.25, 0.3) is 5.91 Å². The van der Waals surface area contributed by atoms with E-state index in [1.54, 1.807) is 4.90 Å². The van der Waals surface area contributed by atoms with Gasteiger partial charge in [-0.2, -0.15) is 0 Å². The highest BCUT2D eigenvalue weighted by molar-refractivity contribution is 6.04. The number of carbonyl (C=O) groups excluding carboxylic acids is 3. The van der Waals surface area contributed by atoms with Gasteiger partial charge in [0.2, 0.25) is 5.91 Å². The molecule has 0 unspecified atom stereocenters. The SMILES string of the molecule is C/C(=C\C(=O)Nc1ccc(C(=O)OCC(=O)N2c3ccccc3C[C@@H]2C)cc1)C(=O)O. The minimum Gasteiger partial charge on any atom is -0.478 e. The fraction of sp³-hybridized carbons (Fsp3) is 0.217. The van der Waals surface area contributed by atoms with Gasteiger partial charge in [-0.15, -0.1) is 0 Å². The van der Waals surface area contributed by atoms with Gasteiger partial charge < -0.3 is 20.1 Å². The number of carboxylic acids is 1. The molecular weight excluding hydrogens is 400 g/mol. The number of carbonyl (C=O) groups is 4. The lowest BCUT2D eigenvalue weighted by atomic mass is 10.1. The Morgan fingerprint density at radius 3 is 2.48 bits per heavy atom. The molecule has 1 aliphatic rings. The number of rotatable bonds is 6. The number of aliphatic carboxylic acids is 1. The van der Waals surface area contributed by atoms with Crippen LogP contribution in [0.1, 0.15) is 29.8 Å². The first kappa shape index (κ1) is 21.8. The van der Waals surface area contributed by atoms with Crippen molar-refractivity contribution in [3.05, 3.63) is 71.3 Å². The molecule has 2 amide bonds. The second kappa shape index (κ2) is 9.25. The van der Waals surface area contributed by atoms with E-state index >= 15 is 0 Å². The first-order valence-electron chi connectivity index (χ1n) is 9.66. The van der Waals surface area contributed by atoms with E-state index in [2.05, 4.69) is 5.32 Å². The van der Waals surface area contributed by atoms with Crippen LogP contribution in [0.2, 0.25) is 0 Å². The van der Waals surface area contributed by atoms with E-state index in [0.29, 0.717) is 5.69 Å². The summed E-state index contributed by atoms with van der Waals surface area (Å²) in [6.45, 7) is 2.87. The Morgan fingerprint density at radius 1 is 1.13 bits per heavy atom. The molecule has 0 spiro atoms. The third kappa shape index (κ3) is 5.16. The van der Waals surface area contributed by atoms with Crippen LogP contribution in [-0.2, 0) is 25.5 Å².